The first-order chi connectivity index (χ1) is 5.34. The number of aliphatic hydroxyl groups excluding tert-OH is 1. The normalized spacial score (nSPS) is 14.3. The third-order valence-electron chi connectivity index (χ3n) is 0.879. The maximum atomic E-state index is 11.6. The average molecular weight is 204 g/mol. The van der Waals surface area contributed by atoms with Crippen LogP contribution in [0.15, 0.2) is 0 Å². The summed E-state index contributed by atoms with van der Waals surface area (Å²) in [4.78, 5) is 9.85. The lowest BCUT2D eigenvalue weighted by molar-refractivity contribution is -0.195. The molecule has 12 heavy (non-hydrogen) atoms. The summed E-state index contributed by atoms with van der Waals surface area (Å²) in [6.07, 6.45) is -7.10. The standard InChI is InChI=1S/C5H7F3O3S/c6-5(7,8)3(9)1-12-2-4(10)11/h3,9H,1-2H2,(H,10,11). The van der Waals surface area contributed by atoms with Gasteiger partial charge in [0, 0.05) is 5.75 Å². The average Bonchev–Trinajstić information content (AvgIpc) is 1.84. The van der Waals surface area contributed by atoms with E-state index in [1.54, 1.807) is 0 Å². The van der Waals surface area contributed by atoms with Crippen molar-refractivity contribution in [2.45, 2.75) is 12.3 Å². The largest absolute Gasteiger partial charge is 0.481 e. The van der Waals surface area contributed by atoms with Gasteiger partial charge in [0.25, 0.3) is 0 Å². The predicted octanol–water partition coefficient (Wildman–Crippen LogP) is 0.727. The number of carbonyl (C=O) groups is 1. The van der Waals surface area contributed by atoms with Gasteiger partial charge in [-0.2, -0.15) is 13.2 Å². The van der Waals surface area contributed by atoms with Crippen molar-refractivity contribution in [2.24, 2.45) is 0 Å². The summed E-state index contributed by atoms with van der Waals surface area (Å²) in [6, 6.07) is 0. The van der Waals surface area contributed by atoms with E-state index >= 15 is 0 Å². The van der Waals surface area contributed by atoms with Crippen LogP contribution in [0.4, 0.5) is 13.2 Å². The van der Waals surface area contributed by atoms with Gasteiger partial charge in [-0.15, -0.1) is 11.8 Å². The second-order valence-electron chi connectivity index (χ2n) is 1.97. The molecule has 0 aromatic carbocycles. The Bertz CT molecular complexity index is 159. The van der Waals surface area contributed by atoms with Gasteiger partial charge >= 0.3 is 12.1 Å². The highest BCUT2D eigenvalue weighted by atomic mass is 32.2. The first-order valence-corrected chi connectivity index (χ1v) is 4.04. The molecule has 0 aromatic heterocycles. The first-order valence-electron chi connectivity index (χ1n) is 2.88. The van der Waals surface area contributed by atoms with Gasteiger partial charge in [0.1, 0.15) is 0 Å². The van der Waals surface area contributed by atoms with Gasteiger partial charge in [-0.05, 0) is 0 Å². The molecule has 1 atom stereocenters. The van der Waals surface area contributed by atoms with Crippen LogP contribution in [0.5, 0.6) is 0 Å². The van der Waals surface area contributed by atoms with Gasteiger partial charge in [-0.3, -0.25) is 4.79 Å². The molecule has 1 unspecified atom stereocenters. The molecule has 0 aromatic rings. The SMILES string of the molecule is O=C(O)CSCC(O)C(F)(F)F. The summed E-state index contributed by atoms with van der Waals surface area (Å²) in [5, 5.41) is 16.4. The van der Waals surface area contributed by atoms with E-state index in [2.05, 4.69) is 0 Å². The number of carboxylic acid groups (broad SMARTS) is 1. The Balaban J connectivity index is 3.58. The minimum absolute atomic E-state index is 0.437. The number of hydrogen-bond acceptors (Lipinski definition) is 3. The Morgan fingerprint density at radius 2 is 2.00 bits per heavy atom. The van der Waals surface area contributed by atoms with Crippen LogP contribution in [0.2, 0.25) is 0 Å². The van der Waals surface area contributed by atoms with Crippen molar-refractivity contribution in [3.05, 3.63) is 0 Å². The minimum atomic E-state index is -4.66. The van der Waals surface area contributed by atoms with E-state index in [9.17, 15) is 18.0 Å². The Morgan fingerprint density at radius 1 is 1.50 bits per heavy atom. The van der Waals surface area contributed by atoms with E-state index in [-0.39, 0.29) is 0 Å². The highest BCUT2D eigenvalue weighted by Gasteiger charge is 2.37. The number of aliphatic hydroxyl groups is 1. The Labute approximate surface area is 70.6 Å². The molecule has 7 heteroatoms. The van der Waals surface area contributed by atoms with Crippen LogP contribution in [0.25, 0.3) is 0 Å². The number of halogens is 3. The van der Waals surface area contributed by atoms with Crippen molar-refractivity contribution in [3.63, 3.8) is 0 Å². The van der Waals surface area contributed by atoms with Gasteiger partial charge in [-0.25, -0.2) is 0 Å². The fraction of sp³-hybridized carbons (Fsp3) is 0.800. The zero-order valence-corrected chi connectivity index (χ0v) is 6.65. The highest BCUT2D eigenvalue weighted by molar-refractivity contribution is 7.99. The van der Waals surface area contributed by atoms with E-state index in [0.717, 1.165) is 0 Å². The van der Waals surface area contributed by atoms with Gasteiger partial charge in [-0.1, -0.05) is 0 Å². The van der Waals surface area contributed by atoms with Gasteiger partial charge in [0.2, 0.25) is 0 Å². The molecule has 0 saturated heterocycles. The molecule has 0 aliphatic heterocycles. The van der Waals surface area contributed by atoms with Crippen LogP contribution in [0.1, 0.15) is 0 Å². The molecule has 2 N–H and O–H groups in total. The number of hydrogen-bond donors (Lipinski definition) is 2. The topological polar surface area (TPSA) is 57.5 Å². The van der Waals surface area contributed by atoms with Crippen molar-refractivity contribution < 1.29 is 28.2 Å². The van der Waals surface area contributed by atoms with Crippen molar-refractivity contribution in [2.75, 3.05) is 11.5 Å². The van der Waals surface area contributed by atoms with Crippen LogP contribution >= 0.6 is 11.8 Å². The summed E-state index contributed by atoms with van der Waals surface area (Å²) in [5.41, 5.74) is 0. The third-order valence-corrected chi connectivity index (χ3v) is 1.88. The molecule has 0 bridgehead atoms. The second-order valence-corrected chi connectivity index (χ2v) is 3.00. The van der Waals surface area contributed by atoms with Gasteiger partial charge in [0.05, 0.1) is 5.75 Å². The predicted molar refractivity (Wildman–Crippen MR) is 37.0 cm³/mol. The number of rotatable bonds is 4. The van der Waals surface area contributed by atoms with Crippen molar-refractivity contribution >= 4 is 17.7 Å². The van der Waals surface area contributed by atoms with Crippen LogP contribution in [-0.2, 0) is 4.79 Å². The Hall–Kier alpha value is -0.430. The molecular weight excluding hydrogens is 197 g/mol. The zero-order valence-electron chi connectivity index (χ0n) is 5.84. The number of carboxylic acids is 1. The maximum absolute atomic E-state index is 11.6. The fourth-order valence-corrected chi connectivity index (χ4v) is 1.06. The number of thioether (sulfide) groups is 1. The van der Waals surface area contributed by atoms with E-state index in [4.69, 9.17) is 10.2 Å². The molecule has 72 valence electrons. The molecule has 0 aliphatic rings. The molecule has 0 aliphatic carbocycles. The molecule has 0 radical (unpaired) electrons. The number of aliphatic carboxylic acids is 1. The van der Waals surface area contributed by atoms with E-state index in [0.29, 0.717) is 11.8 Å². The minimum Gasteiger partial charge on any atom is -0.481 e. The summed E-state index contributed by atoms with van der Waals surface area (Å²) in [5.74, 6) is -2.28. The molecule has 0 amide bonds. The van der Waals surface area contributed by atoms with Crippen molar-refractivity contribution in [3.8, 4) is 0 Å². The molecule has 0 saturated carbocycles. The summed E-state index contributed by atoms with van der Waals surface area (Å²) >= 11 is 0.527. The van der Waals surface area contributed by atoms with E-state index < -0.39 is 29.8 Å². The zero-order chi connectivity index (χ0) is 9.78. The second kappa shape index (κ2) is 4.56. The molecule has 0 heterocycles. The van der Waals surface area contributed by atoms with E-state index in [1.807, 2.05) is 0 Å². The summed E-state index contributed by atoms with van der Waals surface area (Å²) in [7, 11) is 0. The van der Waals surface area contributed by atoms with Gasteiger partial charge < -0.3 is 10.2 Å². The quantitative estimate of drug-likeness (QED) is 0.708. The molecule has 0 rings (SSSR count). The fourth-order valence-electron chi connectivity index (χ4n) is 0.352. The number of alkyl halides is 3. The van der Waals surface area contributed by atoms with Crippen LogP contribution in [0, 0.1) is 0 Å². The highest BCUT2D eigenvalue weighted by Crippen LogP contribution is 2.22. The lowest BCUT2D eigenvalue weighted by atomic mass is 10.4. The van der Waals surface area contributed by atoms with E-state index in [1.165, 1.54) is 0 Å². The molecule has 0 fully saturated rings. The van der Waals surface area contributed by atoms with Crippen LogP contribution < -0.4 is 0 Å². The maximum Gasteiger partial charge on any atom is 0.415 e. The lowest BCUT2D eigenvalue weighted by Gasteiger charge is -2.12. The Kier molecular flexibility index (Phi) is 4.40. The molecule has 0 spiro atoms. The lowest BCUT2D eigenvalue weighted by Crippen LogP contribution is -2.31. The smallest absolute Gasteiger partial charge is 0.415 e. The van der Waals surface area contributed by atoms with Crippen LogP contribution in [-0.4, -0.2) is 40.0 Å². The third kappa shape index (κ3) is 5.25. The molecular formula is C5H7F3O3S. The first kappa shape index (κ1) is 11.6. The Morgan fingerprint density at radius 3 is 2.33 bits per heavy atom. The summed E-state index contributed by atoms with van der Waals surface area (Å²) in [6.45, 7) is 0. The van der Waals surface area contributed by atoms with Crippen molar-refractivity contribution in [1.29, 1.82) is 0 Å². The summed E-state index contributed by atoms with van der Waals surface area (Å²) < 4.78 is 34.7. The van der Waals surface area contributed by atoms with Crippen molar-refractivity contribution in [1.82, 2.24) is 0 Å². The monoisotopic (exact) mass is 204 g/mol. The molecule has 3 nitrogen and oxygen atoms in total. The van der Waals surface area contributed by atoms with Gasteiger partial charge in [0.15, 0.2) is 6.10 Å². The van der Waals surface area contributed by atoms with Crippen LogP contribution in [0.3, 0.4) is 0 Å².